The summed E-state index contributed by atoms with van der Waals surface area (Å²) in [4.78, 5) is 29.3. The third-order valence-electron chi connectivity index (χ3n) is 3.66. The maximum Gasteiger partial charge on any atom is 0.338 e. The van der Waals surface area contributed by atoms with Crippen LogP contribution in [0.25, 0.3) is 16.6 Å². The second-order valence-electron chi connectivity index (χ2n) is 5.42. The fourth-order valence-electron chi connectivity index (χ4n) is 2.36. The summed E-state index contributed by atoms with van der Waals surface area (Å²) in [6.45, 7) is -0.582. The number of aromatic nitrogens is 2. The van der Waals surface area contributed by atoms with Gasteiger partial charge in [0, 0.05) is 12.1 Å². The van der Waals surface area contributed by atoms with Crippen LogP contribution in [0.15, 0.2) is 54.3 Å². The van der Waals surface area contributed by atoms with Crippen LogP contribution >= 0.6 is 0 Å². The van der Waals surface area contributed by atoms with Crippen molar-refractivity contribution in [3.8, 4) is 6.07 Å². The zero-order valence-electron chi connectivity index (χ0n) is 13.7. The van der Waals surface area contributed by atoms with E-state index in [1.54, 1.807) is 24.3 Å². The largest absolute Gasteiger partial charge is 0.507 e. The molecule has 0 radical (unpaired) electrons. The number of nitro benzene ring substituents is 1. The summed E-state index contributed by atoms with van der Waals surface area (Å²) in [6, 6.07) is 13.9. The molecule has 27 heavy (non-hydrogen) atoms. The molecule has 0 atom stereocenters. The van der Waals surface area contributed by atoms with Crippen LogP contribution in [-0.2, 0) is 4.74 Å². The van der Waals surface area contributed by atoms with Gasteiger partial charge in [0.25, 0.3) is 5.69 Å². The van der Waals surface area contributed by atoms with Crippen molar-refractivity contribution in [1.82, 2.24) is 9.97 Å². The lowest BCUT2D eigenvalue weighted by Crippen LogP contribution is -2.09. The molecule has 2 aromatic carbocycles. The molecule has 134 valence electrons. The Labute approximate surface area is 152 Å². The quantitative estimate of drug-likeness (QED) is 0.233. The van der Waals surface area contributed by atoms with E-state index in [-0.39, 0.29) is 22.6 Å². The number of rotatable bonds is 5. The number of hydrogen-bond donors (Lipinski definition) is 2. The van der Waals surface area contributed by atoms with Gasteiger partial charge in [-0.2, -0.15) is 5.26 Å². The smallest absolute Gasteiger partial charge is 0.338 e. The Morgan fingerprint density at radius 1 is 1.30 bits per heavy atom. The molecule has 0 saturated carbocycles. The van der Waals surface area contributed by atoms with Crippen LogP contribution in [-0.4, -0.2) is 32.6 Å². The minimum atomic E-state index is -0.868. The number of para-hydroxylation sites is 2. The number of nitriles is 1. The van der Waals surface area contributed by atoms with E-state index in [1.165, 1.54) is 18.2 Å². The Hall–Kier alpha value is -4.19. The van der Waals surface area contributed by atoms with Gasteiger partial charge in [0.2, 0.25) is 0 Å². The second-order valence-corrected chi connectivity index (χ2v) is 5.42. The fraction of sp³-hybridized carbons (Fsp3) is 0.0556. The molecule has 0 aliphatic rings. The molecule has 1 aromatic heterocycles. The van der Waals surface area contributed by atoms with E-state index >= 15 is 0 Å². The first-order chi connectivity index (χ1) is 13.0. The first kappa shape index (κ1) is 17.6. The predicted molar refractivity (Wildman–Crippen MR) is 94.6 cm³/mol. The summed E-state index contributed by atoms with van der Waals surface area (Å²) in [5, 5.41) is 30.2. The molecule has 0 unspecified atom stereocenters. The molecule has 0 aliphatic heterocycles. The molecule has 3 aromatic rings. The summed E-state index contributed by atoms with van der Waals surface area (Å²) in [6.07, 6.45) is 0. The van der Waals surface area contributed by atoms with Gasteiger partial charge in [-0.3, -0.25) is 10.1 Å². The first-order valence-corrected chi connectivity index (χ1v) is 7.68. The number of nitro groups is 1. The molecule has 0 bridgehead atoms. The topological polar surface area (TPSA) is 142 Å². The standard InChI is InChI=1S/C18H12N4O5/c19-9-13(17-20-14-6-1-2-7-15(14)21-17)16(23)10-27-18(24)11-4-3-5-12(8-11)22(25)26/h1-8,23H,10H2,(H,20,21). The molecular formula is C18H12N4O5. The maximum atomic E-state index is 12.0. The van der Waals surface area contributed by atoms with Gasteiger partial charge < -0.3 is 14.8 Å². The van der Waals surface area contributed by atoms with E-state index in [0.717, 1.165) is 6.07 Å². The number of aliphatic hydroxyl groups excluding tert-OH is 1. The highest BCUT2D eigenvalue weighted by Gasteiger charge is 2.17. The number of fused-ring (bicyclic) bond motifs is 1. The van der Waals surface area contributed by atoms with Gasteiger partial charge >= 0.3 is 5.97 Å². The van der Waals surface area contributed by atoms with Crippen molar-refractivity contribution in [1.29, 1.82) is 5.26 Å². The SMILES string of the molecule is N#CC(=C(O)COC(=O)c1cccc([N+](=O)[O-])c1)c1nc2ccccc2[nH]1. The van der Waals surface area contributed by atoms with Crippen LogP contribution in [0.1, 0.15) is 16.2 Å². The lowest BCUT2D eigenvalue weighted by Gasteiger charge is -2.05. The first-order valence-electron chi connectivity index (χ1n) is 7.68. The van der Waals surface area contributed by atoms with Gasteiger partial charge in [-0.25, -0.2) is 9.78 Å². The fourth-order valence-corrected chi connectivity index (χ4v) is 2.36. The van der Waals surface area contributed by atoms with Gasteiger partial charge in [0.15, 0.2) is 11.6 Å². The Morgan fingerprint density at radius 2 is 2.07 bits per heavy atom. The van der Waals surface area contributed by atoms with E-state index in [9.17, 15) is 25.3 Å². The number of nitrogens with one attached hydrogen (secondary N) is 1. The van der Waals surface area contributed by atoms with Crippen molar-refractivity contribution in [2.45, 2.75) is 0 Å². The molecule has 2 N–H and O–H groups in total. The summed E-state index contributed by atoms with van der Waals surface area (Å²) in [7, 11) is 0. The zero-order chi connectivity index (χ0) is 19.4. The van der Waals surface area contributed by atoms with Crippen molar-refractivity contribution in [3.05, 3.63) is 75.8 Å². The minimum Gasteiger partial charge on any atom is -0.507 e. The van der Waals surface area contributed by atoms with Gasteiger partial charge in [-0.1, -0.05) is 18.2 Å². The maximum absolute atomic E-state index is 12.0. The highest BCUT2D eigenvalue weighted by atomic mass is 16.6. The summed E-state index contributed by atoms with van der Waals surface area (Å²) in [5.41, 5.74) is 0.824. The Bertz CT molecular complexity index is 1080. The summed E-state index contributed by atoms with van der Waals surface area (Å²) < 4.78 is 4.94. The van der Waals surface area contributed by atoms with Gasteiger partial charge in [0.05, 0.1) is 21.5 Å². The molecule has 1 heterocycles. The van der Waals surface area contributed by atoms with E-state index in [1.807, 2.05) is 6.07 Å². The number of ether oxygens (including phenoxy) is 1. The van der Waals surface area contributed by atoms with Gasteiger partial charge in [0.1, 0.15) is 18.2 Å². The molecule has 9 heteroatoms. The summed E-state index contributed by atoms with van der Waals surface area (Å²) >= 11 is 0. The zero-order valence-corrected chi connectivity index (χ0v) is 13.7. The molecule has 9 nitrogen and oxygen atoms in total. The average molecular weight is 364 g/mol. The van der Waals surface area contributed by atoms with E-state index in [4.69, 9.17) is 4.74 Å². The third kappa shape index (κ3) is 3.74. The molecule has 0 aliphatic carbocycles. The van der Waals surface area contributed by atoms with E-state index in [0.29, 0.717) is 11.0 Å². The molecule has 0 saturated heterocycles. The number of aromatic amines is 1. The number of esters is 1. The van der Waals surface area contributed by atoms with Crippen molar-refractivity contribution in [2.24, 2.45) is 0 Å². The number of aliphatic hydroxyl groups is 1. The predicted octanol–water partition coefficient (Wildman–Crippen LogP) is 3.12. The molecule has 3 rings (SSSR count). The number of non-ortho nitro benzene ring substituents is 1. The normalized spacial score (nSPS) is 11.5. The van der Waals surface area contributed by atoms with Crippen molar-refractivity contribution in [2.75, 3.05) is 6.61 Å². The van der Waals surface area contributed by atoms with Crippen molar-refractivity contribution >= 4 is 28.3 Å². The number of carbonyl (C=O) groups excluding carboxylic acids is 1. The van der Waals surface area contributed by atoms with Crippen LogP contribution in [0.4, 0.5) is 5.69 Å². The second kappa shape index (κ2) is 7.37. The number of carbonyl (C=O) groups is 1. The lowest BCUT2D eigenvalue weighted by molar-refractivity contribution is -0.384. The van der Waals surface area contributed by atoms with Crippen LogP contribution in [0, 0.1) is 21.4 Å². The average Bonchev–Trinajstić information content (AvgIpc) is 3.10. The molecule has 0 spiro atoms. The number of H-pyrrole nitrogens is 1. The number of benzene rings is 2. The van der Waals surface area contributed by atoms with Crippen molar-refractivity contribution in [3.63, 3.8) is 0 Å². The Kier molecular flexibility index (Phi) is 4.81. The van der Waals surface area contributed by atoms with Gasteiger partial charge in [-0.15, -0.1) is 0 Å². The molecular weight excluding hydrogens is 352 g/mol. The van der Waals surface area contributed by atoms with Crippen LogP contribution in [0.3, 0.4) is 0 Å². The number of imidazole rings is 1. The van der Waals surface area contributed by atoms with E-state index in [2.05, 4.69) is 9.97 Å². The lowest BCUT2D eigenvalue weighted by atomic mass is 10.2. The summed E-state index contributed by atoms with van der Waals surface area (Å²) in [5.74, 6) is -1.22. The van der Waals surface area contributed by atoms with E-state index < -0.39 is 23.3 Å². The Morgan fingerprint density at radius 3 is 2.78 bits per heavy atom. The number of allylic oxidation sites excluding steroid dienone is 1. The number of nitrogens with zero attached hydrogens (tertiary/aromatic N) is 3. The highest BCUT2D eigenvalue weighted by Crippen LogP contribution is 2.19. The van der Waals surface area contributed by atoms with Crippen molar-refractivity contribution < 1.29 is 19.6 Å². The van der Waals surface area contributed by atoms with Crippen LogP contribution in [0.5, 0.6) is 0 Å². The molecule has 0 amide bonds. The minimum absolute atomic E-state index is 0.0424. The highest BCUT2D eigenvalue weighted by molar-refractivity contribution is 5.90. The van der Waals surface area contributed by atoms with Gasteiger partial charge in [-0.05, 0) is 18.2 Å². The van der Waals surface area contributed by atoms with Crippen LogP contribution < -0.4 is 0 Å². The Balaban J connectivity index is 1.79. The number of hydrogen-bond acceptors (Lipinski definition) is 7. The van der Waals surface area contributed by atoms with Crippen LogP contribution in [0.2, 0.25) is 0 Å². The monoisotopic (exact) mass is 364 g/mol. The third-order valence-corrected chi connectivity index (χ3v) is 3.66. The molecule has 0 fully saturated rings.